The molecule has 0 radical (unpaired) electrons. The van der Waals surface area contributed by atoms with Crippen LogP contribution in [0.5, 0.6) is 0 Å². The Morgan fingerprint density at radius 3 is 2.53 bits per heavy atom. The van der Waals surface area contributed by atoms with Crippen molar-refractivity contribution in [3.63, 3.8) is 0 Å². The van der Waals surface area contributed by atoms with Gasteiger partial charge in [-0.1, -0.05) is 6.07 Å². The van der Waals surface area contributed by atoms with Gasteiger partial charge in [-0.3, -0.25) is 0 Å². The summed E-state index contributed by atoms with van der Waals surface area (Å²) < 4.78 is 17.1. The number of hydrogen-bond acceptors (Lipinski definition) is 4. The number of aromatic nitrogens is 1. The first-order valence-corrected chi connectivity index (χ1v) is 6.48. The van der Waals surface area contributed by atoms with Crippen LogP contribution in [0.15, 0.2) is 22.8 Å². The predicted molar refractivity (Wildman–Crippen MR) is 68.6 cm³/mol. The van der Waals surface area contributed by atoms with E-state index in [1.54, 1.807) is 0 Å². The van der Waals surface area contributed by atoms with Crippen molar-refractivity contribution in [2.45, 2.75) is 26.7 Å². The number of rotatable bonds is 8. The van der Waals surface area contributed by atoms with E-state index < -0.39 is 0 Å². The molecule has 0 bridgehead atoms. The first-order valence-electron chi connectivity index (χ1n) is 5.68. The molecule has 0 aliphatic heterocycles. The Morgan fingerprint density at radius 2 is 1.94 bits per heavy atom. The second kappa shape index (κ2) is 8.58. The van der Waals surface area contributed by atoms with Crippen molar-refractivity contribution >= 4 is 15.9 Å². The maximum atomic E-state index is 5.51. The molecule has 0 saturated carbocycles. The van der Waals surface area contributed by atoms with E-state index in [2.05, 4.69) is 20.9 Å². The van der Waals surface area contributed by atoms with Gasteiger partial charge in [0.05, 0.1) is 18.9 Å². The lowest BCUT2D eigenvalue weighted by atomic mass is 10.4. The Balaban J connectivity index is 2.30. The zero-order valence-electron chi connectivity index (χ0n) is 10.2. The minimum Gasteiger partial charge on any atom is -0.370 e. The van der Waals surface area contributed by atoms with Crippen LogP contribution in [0.1, 0.15) is 19.5 Å². The predicted octanol–water partition coefficient (Wildman–Crippen LogP) is 2.76. The second-order valence-corrected chi connectivity index (χ2v) is 4.12. The fraction of sp³-hybridized carbons (Fsp3) is 0.583. The fourth-order valence-corrected chi connectivity index (χ4v) is 1.69. The van der Waals surface area contributed by atoms with Crippen molar-refractivity contribution in [1.29, 1.82) is 0 Å². The Kier molecular flexibility index (Phi) is 7.35. The zero-order chi connectivity index (χ0) is 12.5. The van der Waals surface area contributed by atoms with Crippen LogP contribution < -0.4 is 0 Å². The average molecular weight is 304 g/mol. The smallest absolute Gasteiger partial charge is 0.180 e. The summed E-state index contributed by atoms with van der Waals surface area (Å²) in [4.78, 5) is 4.27. The molecule has 0 aliphatic rings. The SMILES string of the molecule is CCOC(COCc1cccc(Br)n1)OCC. The molecule has 96 valence electrons. The van der Waals surface area contributed by atoms with Crippen molar-refractivity contribution < 1.29 is 14.2 Å². The largest absolute Gasteiger partial charge is 0.370 e. The van der Waals surface area contributed by atoms with Gasteiger partial charge in [0.25, 0.3) is 0 Å². The van der Waals surface area contributed by atoms with Gasteiger partial charge in [-0.2, -0.15) is 0 Å². The van der Waals surface area contributed by atoms with Crippen LogP contribution in [-0.2, 0) is 20.8 Å². The zero-order valence-corrected chi connectivity index (χ0v) is 11.8. The molecule has 0 N–H and O–H groups in total. The quantitative estimate of drug-likeness (QED) is 0.547. The third kappa shape index (κ3) is 6.12. The van der Waals surface area contributed by atoms with E-state index in [1.165, 1.54) is 0 Å². The van der Waals surface area contributed by atoms with E-state index in [4.69, 9.17) is 14.2 Å². The molecule has 0 saturated heterocycles. The Labute approximate surface area is 110 Å². The van der Waals surface area contributed by atoms with Crippen molar-refractivity contribution in [2.24, 2.45) is 0 Å². The summed E-state index contributed by atoms with van der Waals surface area (Å²) in [7, 11) is 0. The molecular formula is C12H18BrNO3. The van der Waals surface area contributed by atoms with Gasteiger partial charge in [0.15, 0.2) is 6.29 Å². The molecule has 1 heterocycles. The van der Waals surface area contributed by atoms with Crippen molar-refractivity contribution in [2.75, 3.05) is 19.8 Å². The summed E-state index contributed by atoms with van der Waals surface area (Å²) in [5, 5.41) is 0. The topological polar surface area (TPSA) is 40.6 Å². The lowest BCUT2D eigenvalue weighted by Gasteiger charge is -2.16. The summed E-state index contributed by atoms with van der Waals surface area (Å²) in [6.07, 6.45) is -0.294. The van der Waals surface area contributed by atoms with Crippen LogP contribution in [0.2, 0.25) is 0 Å². The van der Waals surface area contributed by atoms with E-state index in [-0.39, 0.29) is 6.29 Å². The molecule has 0 unspecified atom stereocenters. The van der Waals surface area contributed by atoms with Gasteiger partial charge in [0.1, 0.15) is 4.60 Å². The molecule has 5 heteroatoms. The van der Waals surface area contributed by atoms with Crippen LogP contribution >= 0.6 is 15.9 Å². The van der Waals surface area contributed by atoms with Crippen LogP contribution in [-0.4, -0.2) is 31.1 Å². The van der Waals surface area contributed by atoms with Gasteiger partial charge in [-0.15, -0.1) is 0 Å². The number of hydrogen-bond donors (Lipinski definition) is 0. The molecule has 0 atom stereocenters. The van der Waals surface area contributed by atoms with Crippen molar-refractivity contribution in [1.82, 2.24) is 4.98 Å². The van der Waals surface area contributed by atoms with Gasteiger partial charge in [0.2, 0.25) is 0 Å². The normalized spacial score (nSPS) is 11.1. The van der Waals surface area contributed by atoms with Gasteiger partial charge in [-0.05, 0) is 41.9 Å². The maximum Gasteiger partial charge on any atom is 0.180 e. The van der Waals surface area contributed by atoms with Crippen LogP contribution in [0.3, 0.4) is 0 Å². The highest BCUT2D eigenvalue weighted by Crippen LogP contribution is 2.07. The van der Waals surface area contributed by atoms with Gasteiger partial charge in [-0.25, -0.2) is 4.98 Å². The Bertz CT molecular complexity index is 316. The van der Waals surface area contributed by atoms with Crippen molar-refractivity contribution in [3.05, 3.63) is 28.5 Å². The highest BCUT2D eigenvalue weighted by atomic mass is 79.9. The van der Waals surface area contributed by atoms with Gasteiger partial charge < -0.3 is 14.2 Å². The number of pyridine rings is 1. The van der Waals surface area contributed by atoms with E-state index in [1.807, 2.05) is 32.0 Å². The van der Waals surface area contributed by atoms with E-state index >= 15 is 0 Å². The third-order valence-corrected chi connectivity index (χ3v) is 2.42. The molecule has 1 aromatic rings. The summed E-state index contributed by atoms with van der Waals surface area (Å²) in [6.45, 7) is 5.96. The summed E-state index contributed by atoms with van der Waals surface area (Å²) >= 11 is 3.32. The fourth-order valence-electron chi connectivity index (χ4n) is 1.31. The molecule has 0 amide bonds. The third-order valence-electron chi connectivity index (χ3n) is 1.98. The summed E-state index contributed by atoms with van der Waals surface area (Å²) in [5.74, 6) is 0. The molecule has 0 spiro atoms. The minimum absolute atomic E-state index is 0.294. The van der Waals surface area contributed by atoms with E-state index in [0.29, 0.717) is 26.4 Å². The van der Waals surface area contributed by atoms with Crippen LogP contribution in [0.4, 0.5) is 0 Å². The molecule has 4 nitrogen and oxygen atoms in total. The molecular weight excluding hydrogens is 286 g/mol. The van der Waals surface area contributed by atoms with E-state index in [0.717, 1.165) is 10.3 Å². The maximum absolute atomic E-state index is 5.51. The second-order valence-electron chi connectivity index (χ2n) is 3.31. The number of ether oxygens (including phenoxy) is 3. The Hall–Kier alpha value is -0.490. The highest BCUT2D eigenvalue weighted by Gasteiger charge is 2.08. The molecule has 0 fully saturated rings. The first-order chi connectivity index (χ1) is 8.26. The molecule has 0 aromatic carbocycles. The van der Waals surface area contributed by atoms with Crippen molar-refractivity contribution in [3.8, 4) is 0 Å². The minimum atomic E-state index is -0.294. The van der Waals surface area contributed by atoms with Crippen LogP contribution in [0.25, 0.3) is 0 Å². The monoisotopic (exact) mass is 303 g/mol. The lowest BCUT2D eigenvalue weighted by Crippen LogP contribution is -2.23. The first kappa shape index (κ1) is 14.6. The average Bonchev–Trinajstić information content (AvgIpc) is 2.30. The summed E-state index contributed by atoms with van der Waals surface area (Å²) in [5.41, 5.74) is 0.881. The highest BCUT2D eigenvalue weighted by molar-refractivity contribution is 9.10. The van der Waals surface area contributed by atoms with Gasteiger partial charge in [0, 0.05) is 13.2 Å². The molecule has 0 aliphatic carbocycles. The molecule has 17 heavy (non-hydrogen) atoms. The summed E-state index contributed by atoms with van der Waals surface area (Å²) in [6, 6.07) is 5.73. The number of halogens is 1. The van der Waals surface area contributed by atoms with E-state index in [9.17, 15) is 0 Å². The standard InChI is InChI=1S/C12H18BrNO3/c1-3-16-12(17-4-2)9-15-8-10-6-5-7-11(13)14-10/h5-7,12H,3-4,8-9H2,1-2H3. The molecule has 1 aromatic heterocycles. The lowest BCUT2D eigenvalue weighted by molar-refractivity contribution is -0.169. The van der Waals surface area contributed by atoms with Gasteiger partial charge >= 0.3 is 0 Å². The molecule has 1 rings (SSSR count). The number of nitrogens with zero attached hydrogens (tertiary/aromatic N) is 1. The Morgan fingerprint density at radius 1 is 1.24 bits per heavy atom. The van der Waals surface area contributed by atoms with Crippen LogP contribution in [0, 0.1) is 0 Å².